The van der Waals surface area contributed by atoms with Crippen LogP contribution in [0.2, 0.25) is 0 Å². The SMILES string of the molecule is O=c1[nH]cnc2c1ncn2C1(n2cnc3c(=O)[nH]cnc32)O[C@H](CO)[C@@H](O)[C@H]1O. The first-order valence-corrected chi connectivity index (χ1v) is 8.46. The predicted molar refractivity (Wildman–Crippen MR) is 93.6 cm³/mol. The summed E-state index contributed by atoms with van der Waals surface area (Å²) in [4.78, 5) is 45.2. The fourth-order valence-corrected chi connectivity index (χ4v) is 3.61. The molecule has 0 bridgehead atoms. The largest absolute Gasteiger partial charge is 0.394 e. The Morgan fingerprint density at radius 1 is 0.966 bits per heavy atom. The van der Waals surface area contributed by atoms with Gasteiger partial charge in [0.15, 0.2) is 28.4 Å². The van der Waals surface area contributed by atoms with Crippen LogP contribution in [0, 0.1) is 0 Å². The molecule has 0 aromatic carbocycles. The molecular formula is C15H14N8O6. The van der Waals surface area contributed by atoms with E-state index in [0.717, 1.165) is 12.7 Å². The van der Waals surface area contributed by atoms with Crippen molar-refractivity contribution in [3.8, 4) is 0 Å². The molecule has 1 fully saturated rings. The standard InChI is InChI=1S/C15H14N8O6/c24-1-6-9(25)10(26)15(29-6,22-4-20-7-11(22)16-2-18-13(7)27)23-5-21-8-12(23)17-3-19-14(8)28/h2-6,9-10,24-26H,1H2,(H,16,18,27)(H,17,19,28)/t6-,9-,10-/m1/s1. The van der Waals surface area contributed by atoms with Crippen LogP contribution in [0.1, 0.15) is 0 Å². The molecule has 0 aliphatic carbocycles. The first-order valence-electron chi connectivity index (χ1n) is 8.46. The summed E-state index contributed by atoms with van der Waals surface area (Å²) in [6, 6.07) is 0. The van der Waals surface area contributed by atoms with Crippen LogP contribution >= 0.6 is 0 Å². The topological polar surface area (TPSA) is 197 Å². The summed E-state index contributed by atoms with van der Waals surface area (Å²) in [5.74, 6) is -1.99. The zero-order valence-corrected chi connectivity index (χ0v) is 14.5. The lowest BCUT2D eigenvalue weighted by Crippen LogP contribution is -2.51. The molecule has 5 rings (SSSR count). The normalized spacial score (nSPS) is 23.9. The maximum absolute atomic E-state index is 12.1. The first-order chi connectivity index (χ1) is 14.0. The van der Waals surface area contributed by atoms with Gasteiger partial charge in [0.1, 0.15) is 24.9 Å². The summed E-state index contributed by atoms with van der Waals surface area (Å²) < 4.78 is 8.35. The second-order valence-corrected chi connectivity index (χ2v) is 6.47. The number of rotatable bonds is 3. The molecule has 0 radical (unpaired) electrons. The molecule has 1 aliphatic heterocycles. The van der Waals surface area contributed by atoms with E-state index in [2.05, 4.69) is 29.9 Å². The van der Waals surface area contributed by atoms with E-state index in [1.807, 2.05) is 0 Å². The van der Waals surface area contributed by atoms with Crippen LogP contribution in [0.4, 0.5) is 0 Å². The molecule has 1 saturated heterocycles. The van der Waals surface area contributed by atoms with Crippen molar-refractivity contribution < 1.29 is 20.1 Å². The Balaban J connectivity index is 1.88. The highest BCUT2D eigenvalue weighted by atomic mass is 16.6. The highest BCUT2D eigenvalue weighted by Crippen LogP contribution is 2.39. The number of nitrogens with zero attached hydrogens (tertiary/aromatic N) is 6. The third-order valence-corrected chi connectivity index (χ3v) is 4.96. The van der Waals surface area contributed by atoms with Gasteiger partial charge >= 0.3 is 0 Å². The van der Waals surface area contributed by atoms with Crippen molar-refractivity contribution in [2.75, 3.05) is 6.61 Å². The molecule has 150 valence electrons. The van der Waals surface area contributed by atoms with Crippen molar-refractivity contribution in [1.82, 2.24) is 39.0 Å². The van der Waals surface area contributed by atoms with Crippen LogP contribution in [0.3, 0.4) is 0 Å². The van der Waals surface area contributed by atoms with Gasteiger partial charge in [0.2, 0.25) is 0 Å². The molecule has 1 aliphatic rings. The average Bonchev–Trinajstić information content (AvgIpc) is 3.40. The highest BCUT2D eigenvalue weighted by Gasteiger charge is 2.58. The summed E-state index contributed by atoms with van der Waals surface area (Å²) in [6.07, 6.45) is 0.308. The molecule has 5 N–H and O–H groups in total. The van der Waals surface area contributed by atoms with E-state index < -0.39 is 41.9 Å². The van der Waals surface area contributed by atoms with Gasteiger partial charge in [-0.05, 0) is 0 Å². The third kappa shape index (κ3) is 2.18. The number of H-pyrrole nitrogens is 2. The predicted octanol–water partition coefficient (Wildman–Crippen LogP) is -3.18. The molecule has 14 nitrogen and oxygen atoms in total. The minimum Gasteiger partial charge on any atom is -0.394 e. The summed E-state index contributed by atoms with van der Waals surface area (Å²) in [5, 5.41) is 31.1. The Hall–Kier alpha value is -3.46. The van der Waals surface area contributed by atoms with Crippen LogP contribution in [0.25, 0.3) is 22.3 Å². The van der Waals surface area contributed by atoms with Crippen LogP contribution in [0.15, 0.2) is 34.9 Å². The Labute approximate surface area is 159 Å². The van der Waals surface area contributed by atoms with E-state index in [0.29, 0.717) is 0 Å². The molecule has 0 unspecified atom stereocenters. The monoisotopic (exact) mass is 402 g/mol. The molecule has 5 heterocycles. The molecule has 29 heavy (non-hydrogen) atoms. The van der Waals surface area contributed by atoms with Gasteiger partial charge in [-0.3, -0.25) is 18.7 Å². The van der Waals surface area contributed by atoms with Crippen molar-refractivity contribution in [1.29, 1.82) is 0 Å². The molecule has 14 heteroatoms. The smallest absolute Gasteiger partial charge is 0.278 e. The summed E-state index contributed by atoms with van der Waals surface area (Å²) in [5.41, 5.74) is -1.07. The fraction of sp³-hybridized carbons (Fsp3) is 0.333. The number of imidazole rings is 2. The molecule has 0 amide bonds. The number of ether oxygens (including phenoxy) is 1. The minimum absolute atomic E-state index is 0.0327. The van der Waals surface area contributed by atoms with Gasteiger partial charge in [0.25, 0.3) is 17.0 Å². The zero-order valence-electron chi connectivity index (χ0n) is 14.5. The van der Waals surface area contributed by atoms with Crippen LogP contribution in [-0.2, 0) is 10.6 Å². The molecule has 0 saturated carbocycles. The number of aliphatic hydroxyl groups is 3. The number of hydrogen-bond acceptors (Lipinski definition) is 10. The molecule has 3 atom stereocenters. The average molecular weight is 402 g/mol. The number of aromatic nitrogens is 8. The lowest BCUT2D eigenvalue weighted by atomic mass is 10.1. The van der Waals surface area contributed by atoms with Gasteiger partial charge in [0, 0.05) is 0 Å². The Bertz CT molecular complexity index is 1250. The Morgan fingerprint density at radius 3 is 1.93 bits per heavy atom. The third-order valence-electron chi connectivity index (χ3n) is 4.96. The van der Waals surface area contributed by atoms with Crippen molar-refractivity contribution in [3.63, 3.8) is 0 Å². The molecule has 0 spiro atoms. The second-order valence-electron chi connectivity index (χ2n) is 6.47. The maximum atomic E-state index is 12.1. The van der Waals surface area contributed by atoms with E-state index in [1.165, 1.54) is 21.8 Å². The van der Waals surface area contributed by atoms with E-state index in [1.54, 1.807) is 0 Å². The Morgan fingerprint density at radius 2 is 1.48 bits per heavy atom. The van der Waals surface area contributed by atoms with Crippen molar-refractivity contribution in [2.45, 2.75) is 24.2 Å². The quantitative estimate of drug-likeness (QED) is 0.233. The molecular weight excluding hydrogens is 388 g/mol. The Kier molecular flexibility index (Phi) is 3.66. The lowest BCUT2D eigenvalue weighted by molar-refractivity contribution is -0.163. The molecule has 4 aromatic rings. The van der Waals surface area contributed by atoms with Gasteiger partial charge in [-0.1, -0.05) is 0 Å². The van der Waals surface area contributed by atoms with Crippen molar-refractivity contribution >= 4 is 22.3 Å². The van der Waals surface area contributed by atoms with Crippen LogP contribution in [0.5, 0.6) is 0 Å². The van der Waals surface area contributed by atoms with Gasteiger partial charge in [-0.25, -0.2) is 19.9 Å². The van der Waals surface area contributed by atoms with Gasteiger partial charge < -0.3 is 30.0 Å². The first kappa shape index (κ1) is 17.6. The molecule has 4 aromatic heterocycles. The van der Waals surface area contributed by atoms with E-state index in [9.17, 15) is 24.9 Å². The number of aromatic amines is 2. The van der Waals surface area contributed by atoms with Crippen LogP contribution < -0.4 is 11.1 Å². The van der Waals surface area contributed by atoms with Crippen molar-refractivity contribution in [3.05, 3.63) is 46.0 Å². The van der Waals surface area contributed by atoms with Crippen LogP contribution in [-0.4, -0.2) is 79.3 Å². The minimum atomic E-state index is -1.99. The number of fused-ring (bicyclic) bond motifs is 2. The maximum Gasteiger partial charge on any atom is 0.278 e. The van der Waals surface area contributed by atoms with Gasteiger partial charge in [0.05, 0.1) is 19.3 Å². The fourth-order valence-electron chi connectivity index (χ4n) is 3.61. The van der Waals surface area contributed by atoms with Gasteiger partial charge in [-0.2, -0.15) is 0 Å². The summed E-state index contributed by atoms with van der Waals surface area (Å²) >= 11 is 0. The van der Waals surface area contributed by atoms with E-state index in [-0.39, 0.29) is 22.3 Å². The van der Waals surface area contributed by atoms with E-state index >= 15 is 0 Å². The zero-order chi connectivity index (χ0) is 20.3. The summed E-state index contributed by atoms with van der Waals surface area (Å²) in [6.45, 7) is -0.610. The lowest BCUT2D eigenvalue weighted by Gasteiger charge is -2.34. The second kappa shape index (κ2) is 6.02. The van der Waals surface area contributed by atoms with Crippen molar-refractivity contribution in [2.24, 2.45) is 0 Å². The van der Waals surface area contributed by atoms with E-state index in [4.69, 9.17) is 4.74 Å². The number of aliphatic hydroxyl groups excluding tert-OH is 3. The highest BCUT2D eigenvalue weighted by molar-refractivity contribution is 5.71. The summed E-state index contributed by atoms with van der Waals surface area (Å²) in [7, 11) is 0. The van der Waals surface area contributed by atoms with Gasteiger partial charge in [-0.15, -0.1) is 0 Å². The number of hydrogen-bond donors (Lipinski definition) is 5. The number of nitrogens with one attached hydrogen (secondary N) is 2.